The highest BCUT2D eigenvalue weighted by Gasteiger charge is 2.10. The van der Waals surface area contributed by atoms with Crippen LogP contribution in [0.2, 0.25) is 0 Å². The third kappa shape index (κ3) is 2.49. The second-order valence-electron chi connectivity index (χ2n) is 4.83. The molecule has 1 aromatic carbocycles. The van der Waals surface area contributed by atoms with E-state index in [1.165, 1.54) is 0 Å². The van der Waals surface area contributed by atoms with Gasteiger partial charge in [0, 0.05) is 34.8 Å². The summed E-state index contributed by atoms with van der Waals surface area (Å²) in [5, 5.41) is 17.3. The first-order valence-corrected chi connectivity index (χ1v) is 7.49. The van der Waals surface area contributed by atoms with Gasteiger partial charge in [0.2, 0.25) is 0 Å². The van der Waals surface area contributed by atoms with E-state index in [1.54, 1.807) is 11.3 Å². The van der Waals surface area contributed by atoms with E-state index in [9.17, 15) is 0 Å². The molecule has 0 amide bonds. The Balaban J connectivity index is 1.83. The minimum atomic E-state index is 0.358. The molecule has 1 unspecified atom stereocenters. The highest BCUT2D eigenvalue weighted by atomic mass is 32.1. The normalized spacial score (nSPS) is 12.5. The fraction of sp³-hybridized carbons (Fsp3) is 0.267. The summed E-state index contributed by atoms with van der Waals surface area (Å²) in [4.78, 5) is 4.35. The third-order valence-electron chi connectivity index (χ3n) is 3.32. The second kappa shape index (κ2) is 5.54. The van der Waals surface area contributed by atoms with Crippen molar-refractivity contribution in [3.63, 3.8) is 0 Å². The molecule has 0 saturated carbocycles. The van der Waals surface area contributed by atoms with Gasteiger partial charge in [0.1, 0.15) is 0 Å². The SMILES string of the molecule is Cc1nnc(NCC(C)c2nccs2)c2ccccc12. The maximum atomic E-state index is 4.35. The van der Waals surface area contributed by atoms with E-state index in [1.807, 2.05) is 30.6 Å². The molecule has 3 rings (SSSR count). The summed E-state index contributed by atoms with van der Waals surface area (Å²) >= 11 is 1.69. The van der Waals surface area contributed by atoms with E-state index in [4.69, 9.17) is 0 Å². The minimum Gasteiger partial charge on any atom is -0.367 e. The van der Waals surface area contributed by atoms with Crippen LogP contribution in [0.25, 0.3) is 10.8 Å². The van der Waals surface area contributed by atoms with Gasteiger partial charge in [0.15, 0.2) is 5.82 Å². The van der Waals surface area contributed by atoms with Crippen LogP contribution < -0.4 is 5.32 Å². The zero-order valence-electron chi connectivity index (χ0n) is 11.5. The van der Waals surface area contributed by atoms with E-state index < -0.39 is 0 Å². The molecule has 0 radical (unpaired) electrons. The predicted octanol–water partition coefficient (Wildman–Crippen LogP) is 3.61. The molecule has 0 bridgehead atoms. The number of nitrogens with zero attached hydrogens (tertiary/aromatic N) is 3. The third-order valence-corrected chi connectivity index (χ3v) is 4.33. The van der Waals surface area contributed by atoms with Crippen LogP contribution in [-0.2, 0) is 0 Å². The summed E-state index contributed by atoms with van der Waals surface area (Å²) in [6.07, 6.45) is 1.84. The number of aryl methyl sites for hydroxylation is 1. The highest BCUT2D eigenvalue weighted by molar-refractivity contribution is 7.09. The van der Waals surface area contributed by atoms with Gasteiger partial charge in [-0.3, -0.25) is 0 Å². The lowest BCUT2D eigenvalue weighted by molar-refractivity contribution is 0.789. The van der Waals surface area contributed by atoms with E-state index in [0.29, 0.717) is 5.92 Å². The number of aromatic nitrogens is 3. The maximum absolute atomic E-state index is 4.35. The van der Waals surface area contributed by atoms with Crippen molar-refractivity contribution in [3.05, 3.63) is 46.5 Å². The summed E-state index contributed by atoms with van der Waals surface area (Å²) in [5.41, 5.74) is 0.958. The van der Waals surface area contributed by atoms with Crippen molar-refractivity contribution >= 4 is 27.9 Å². The Bertz CT molecular complexity index is 709. The van der Waals surface area contributed by atoms with Crippen molar-refractivity contribution in [2.24, 2.45) is 0 Å². The molecule has 0 aliphatic carbocycles. The lowest BCUT2D eigenvalue weighted by Crippen LogP contribution is -2.11. The minimum absolute atomic E-state index is 0.358. The Kier molecular flexibility index (Phi) is 3.60. The molecule has 1 atom stereocenters. The molecule has 3 aromatic rings. The Hall–Kier alpha value is -2.01. The first kappa shape index (κ1) is 13.0. The number of fused-ring (bicyclic) bond motifs is 1. The number of anilines is 1. The van der Waals surface area contributed by atoms with Gasteiger partial charge in [-0.15, -0.1) is 16.4 Å². The van der Waals surface area contributed by atoms with Gasteiger partial charge in [-0.2, -0.15) is 5.10 Å². The zero-order chi connectivity index (χ0) is 13.9. The van der Waals surface area contributed by atoms with Crippen LogP contribution in [0.3, 0.4) is 0 Å². The largest absolute Gasteiger partial charge is 0.367 e. The van der Waals surface area contributed by atoms with Gasteiger partial charge in [-0.1, -0.05) is 31.2 Å². The van der Waals surface area contributed by atoms with Gasteiger partial charge in [-0.05, 0) is 6.92 Å². The standard InChI is InChI=1S/C15H16N4S/c1-10(15-16-7-8-20-15)9-17-14-13-6-4-3-5-12(13)11(2)18-19-14/h3-8,10H,9H2,1-2H3,(H,17,19). The average molecular weight is 284 g/mol. The van der Waals surface area contributed by atoms with Crippen LogP contribution in [0.1, 0.15) is 23.5 Å². The monoisotopic (exact) mass is 284 g/mol. The molecule has 5 heteroatoms. The van der Waals surface area contributed by atoms with Crippen molar-refractivity contribution in [1.82, 2.24) is 15.2 Å². The van der Waals surface area contributed by atoms with Gasteiger partial charge < -0.3 is 5.32 Å². The number of rotatable bonds is 4. The van der Waals surface area contributed by atoms with Gasteiger partial charge >= 0.3 is 0 Å². The number of hydrogen-bond donors (Lipinski definition) is 1. The Morgan fingerprint density at radius 2 is 2.00 bits per heavy atom. The molecule has 0 aliphatic heterocycles. The lowest BCUT2D eigenvalue weighted by Gasteiger charge is -2.12. The van der Waals surface area contributed by atoms with Crippen LogP contribution in [0.15, 0.2) is 35.8 Å². The lowest BCUT2D eigenvalue weighted by atomic mass is 10.1. The van der Waals surface area contributed by atoms with E-state index in [-0.39, 0.29) is 0 Å². The van der Waals surface area contributed by atoms with Crippen LogP contribution in [0.4, 0.5) is 5.82 Å². The highest BCUT2D eigenvalue weighted by Crippen LogP contribution is 2.24. The first-order valence-electron chi connectivity index (χ1n) is 6.61. The molecule has 0 aliphatic rings. The fourth-order valence-electron chi connectivity index (χ4n) is 2.18. The average Bonchev–Trinajstić information content (AvgIpc) is 3.01. The van der Waals surface area contributed by atoms with Crippen molar-refractivity contribution in [2.75, 3.05) is 11.9 Å². The zero-order valence-corrected chi connectivity index (χ0v) is 12.3. The Morgan fingerprint density at radius 3 is 2.75 bits per heavy atom. The molecule has 0 spiro atoms. The summed E-state index contributed by atoms with van der Waals surface area (Å²) in [5.74, 6) is 1.20. The topological polar surface area (TPSA) is 50.7 Å². The summed E-state index contributed by atoms with van der Waals surface area (Å²) in [6, 6.07) is 8.21. The quantitative estimate of drug-likeness (QED) is 0.795. The summed E-state index contributed by atoms with van der Waals surface area (Å²) < 4.78 is 0. The second-order valence-corrected chi connectivity index (χ2v) is 5.76. The summed E-state index contributed by atoms with van der Waals surface area (Å²) in [7, 11) is 0. The molecule has 0 saturated heterocycles. The smallest absolute Gasteiger partial charge is 0.156 e. The fourth-order valence-corrected chi connectivity index (χ4v) is 2.88. The first-order chi connectivity index (χ1) is 9.75. The van der Waals surface area contributed by atoms with Gasteiger partial charge in [-0.25, -0.2) is 4.98 Å². The number of nitrogens with one attached hydrogen (secondary N) is 1. The van der Waals surface area contributed by atoms with Crippen molar-refractivity contribution in [1.29, 1.82) is 0 Å². The van der Waals surface area contributed by atoms with Crippen LogP contribution >= 0.6 is 11.3 Å². The number of benzene rings is 1. The van der Waals surface area contributed by atoms with Crippen molar-refractivity contribution in [2.45, 2.75) is 19.8 Å². The van der Waals surface area contributed by atoms with E-state index >= 15 is 0 Å². The van der Waals surface area contributed by atoms with Crippen molar-refractivity contribution in [3.8, 4) is 0 Å². The van der Waals surface area contributed by atoms with E-state index in [2.05, 4.69) is 39.6 Å². The van der Waals surface area contributed by atoms with Crippen LogP contribution in [0.5, 0.6) is 0 Å². The molecule has 2 aromatic heterocycles. The molecular formula is C15H16N4S. The molecule has 102 valence electrons. The summed E-state index contributed by atoms with van der Waals surface area (Å²) in [6.45, 7) is 4.95. The molecule has 1 N–H and O–H groups in total. The Morgan fingerprint density at radius 1 is 1.20 bits per heavy atom. The van der Waals surface area contributed by atoms with Gasteiger partial charge in [0.05, 0.1) is 10.7 Å². The van der Waals surface area contributed by atoms with Crippen molar-refractivity contribution < 1.29 is 0 Å². The maximum Gasteiger partial charge on any atom is 0.156 e. The Labute approximate surface area is 121 Å². The molecule has 2 heterocycles. The van der Waals surface area contributed by atoms with Crippen LogP contribution in [-0.4, -0.2) is 21.7 Å². The number of thiazole rings is 1. The number of hydrogen-bond acceptors (Lipinski definition) is 5. The molecular weight excluding hydrogens is 268 g/mol. The molecule has 0 fully saturated rings. The molecule has 4 nitrogen and oxygen atoms in total. The van der Waals surface area contributed by atoms with E-state index in [0.717, 1.165) is 33.8 Å². The van der Waals surface area contributed by atoms with Crippen LogP contribution in [0, 0.1) is 6.92 Å². The molecule has 20 heavy (non-hydrogen) atoms. The van der Waals surface area contributed by atoms with Gasteiger partial charge in [0.25, 0.3) is 0 Å². The predicted molar refractivity (Wildman–Crippen MR) is 83.3 cm³/mol.